The van der Waals surface area contributed by atoms with E-state index in [0.29, 0.717) is 44.6 Å². The van der Waals surface area contributed by atoms with Crippen LogP contribution in [0.2, 0.25) is 10.0 Å². The molecule has 0 aliphatic rings. The fourth-order valence-corrected chi connectivity index (χ4v) is 4.43. The summed E-state index contributed by atoms with van der Waals surface area (Å²) in [6, 6.07) is 21.1. The number of halogens is 2. The van der Waals surface area contributed by atoms with Crippen molar-refractivity contribution < 1.29 is 14.3 Å². The molecule has 0 atom stereocenters. The van der Waals surface area contributed by atoms with E-state index in [-0.39, 0.29) is 24.1 Å². The van der Waals surface area contributed by atoms with Crippen molar-refractivity contribution in [2.75, 3.05) is 17.7 Å². The Bertz CT molecular complexity index is 1380. The van der Waals surface area contributed by atoms with Gasteiger partial charge in [0.25, 0.3) is 5.91 Å². The lowest BCUT2D eigenvalue weighted by Crippen LogP contribution is -2.24. The Labute approximate surface area is 228 Å². The molecule has 2 N–H and O–H groups in total. The average Bonchev–Trinajstić information content (AvgIpc) is 3.32. The Hall–Kier alpha value is -3.53. The largest absolute Gasteiger partial charge is 0.494 e. The zero-order chi connectivity index (χ0) is 26.2. The van der Waals surface area contributed by atoms with E-state index in [1.165, 1.54) is 11.8 Å². The number of carbonyl (C=O) groups is 2. The topological polar surface area (TPSA) is 98.1 Å². The number of nitrogens with zero attached hydrogens (tertiary/aromatic N) is 3. The van der Waals surface area contributed by atoms with Gasteiger partial charge in [-0.05, 0) is 61.5 Å². The van der Waals surface area contributed by atoms with Crippen LogP contribution in [0.1, 0.15) is 23.1 Å². The molecular formula is C26H23Cl2N5O3S. The van der Waals surface area contributed by atoms with Crippen LogP contribution >= 0.6 is 35.0 Å². The van der Waals surface area contributed by atoms with E-state index in [1.54, 1.807) is 71.3 Å². The van der Waals surface area contributed by atoms with Crippen LogP contribution in [-0.4, -0.2) is 38.9 Å². The van der Waals surface area contributed by atoms with Crippen LogP contribution in [0.4, 0.5) is 5.69 Å². The van der Waals surface area contributed by atoms with E-state index in [0.717, 1.165) is 5.75 Å². The summed E-state index contributed by atoms with van der Waals surface area (Å²) in [5.41, 5.74) is 1.84. The first-order chi connectivity index (χ1) is 17.9. The minimum absolute atomic E-state index is 0.0864. The van der Waals surface area contributed by atoms with Crippen LogP contribution < -0.4 is 15.4 Å². The van der Waals surface area contributed by atoms with Gasteiger partial charge in [-0.15, -0.1) is 10.2 Å². The minimum Gasteiger partial charge on any atom is -0.494 e. The highest BCUT2D eigenvalue weighted by molar-refractivity contribution is 7.99. The van der Waals surface area contributed by atoms with Gasteiger partial charge in [0.1, 0.15) is 5.75 Å². The summed E-state index contributed by atoms with van der Waals surface area (Å²) in [7, 11) is 0. The fraction of sp³-hybridized carbons (Fsp3) is 0.154. The second kappa shape index (κ2) is 12.6. The molecule has 4 aromatic rings. The molecule has 4 rings (SSSR count). The molecule has 0 spiro atoms. The molecule has 11 heteroatoms. The molecule has 0 unspecified atom stereocenters. The lowest BCUT2D eigenvalue weighted by molar-refractivity contribution is -0.113. The highest BCUT2D eigenvalue weighted by atomic mass is 35.5. The molecule has 0 bridgehead atoms. The van der Waals surface area contributed by atoms with E-state index in [1.807, 2.05) is 13.0 Å². The van der Waals surface area contributed by atoms with Crippen molar-refractivity contribution in [2.24, 2.45) is 0 Å². The van der Waals surface area contributed by atoms with Gasteiger partial charge in [0, 0.05) is 11.3 Å². The van der Waals surface area contributed by atoms with Gasteiger partial charge in [-0.1, -0.05) is 53.2 Å². The number of rotatable bonds is 10. The van der Waals surface area contributed by atoms with Gasteiger partial charge in [0.15, 0.2) is 11.0 Å². The van der Waals surface area contributed by atoms with E-state index in [9.17, 15) is 9.59 Å². The maximum atomic E-state index is 12.6. The Morgan fingerprint density at radius 2 is 1.73 bits per heavy atom. The van der Waals surface area contributed by atoms with Gasteiger partial charge in [-0.25, -0.2) is 0 Å². The van der Waals surface area contributed by atoms with Crippen molar-refractivity contribution >= 4 is 52.5 Å². The summed E-state index contributed by atoms with van der Waals surface area (Å²) in [6.07, 6.45) is 0. The third kappa shape index (κ3) is 7.03. The van der Waals surface area contributed by atoms with Crippen molar-refractivity contribution in [2.45, 2.75) is 18.6 Å². The van der Waals surface area contributed by atoms with Gasteiger partial charge in [0.05, 0.1) is 34.6 Å². The van der Waals surface area contributed by atoms with Crippen LogP contribution in [0.25, 0.3) is 5.69 Å². The molecule has 3 aromatic carbocycles. The SMILES string of the molecule is CCOc1ccc(NC(=O)CSc2nnc(CNC(=O)c3ccccc3)n2-c2ccc(Cl)c(Cl)c2)cc1. The molecule has 0 fully saturated rings. The molecule has 1 aromatic heterocycles. The Balaban J connectivity index is 1.49. The molecule has 1 heterocycles. The predicted octanol–water partition coefficient (Wildman–Crippen LogP) is 5.63. The van der Waals surface area contributed by atoms with Gasteiger partial charge < -0.3 is 15.4 Å². The third-order valence-corrected chi connectivity index (χ3v) is 6.75. The second-order valence-electron chi connectivity index (χ2n) is 7.68. The highest BCUT2D eigenvalue weighted by Crippen LogP contribution is 2.28. The quantitative estimate of drug-likeness (QED) is 0.246. The van der Waals surface area contributed by atoms with E-state index < -0.39 is 0 Å². The number of hydrogen-bond donors (Lipinski definition) is 2. The van der Waals surface area contributed by atoms with E-state index in [2.05, 4.69) is 20.8 Å². The van der Waals surface area contributed by atoms with Crippen molar-refractivity contribution in [3.63, 3.8) is 0 Å². The monoisotopic (exact) mass is 555 g/mol. The Morgan fingerprint density at radius 1 is 0.973 bits per heavy atom. The summed E-state index contributed by atoms with van der Waals surface area (Å²) < 4.78 is 7.16. The minimum atomic E-state index is -0.242. The zero-order valence-electron chi connectivity index (χ0n) is 19.8. The Kier molecular flexibility index (Phi) is 9.05. The first-order valence-corrected chi connectivity index (χ1v) is 13.1. The normalized spacial score (nSPS) is 10.7. The number of amides is 2. The smallest absolute Gasteiger partial charge is 0.251 e. The molecule has 0 aliphatic heterocycles. The van der Waals surface area contributed by atoms with E-state index in [4.69, 9.17) is 27.9 Å². The summed E-state index contributed by atoms with van der Waals surface area (Å²) >= 11 is 13.6. The number of nitrogens with one attached hydrogen (secondary N) is 2. The predicted molar refractivity (Wildman–Crippen MR) is 146 cm³/mol. The average molecular weight is 556 g/mol. The van der Waals surface area contributed by atoms with Crippen LogP contribution in [0.3, 0.4) is 0 Å². The van der Waals surface area contributed by atoms with Gasteiger partial charge in [0.2, 0.25) is 5.91 Å². The molecule has 0 saturated heterocycles. The van der Waals surface area contributed by atoms with Crippen molar-refractivity contribution in [1.82, 2.24) is 20.1 Å². The van der Waals surface area contributed by atoms with Gasteiger partial charge >= 0.3 is 0 Å². The van der Waals surface area contributed by atoms with Crippen molar-refractivity contribution in [3.05, 3.63) is 94.2 Å². The van der Waals surface area contributed by atoms with Crippen LogP contribution in [0.5, 0.6) is 5.75 Å². The third-order valence-electron chi connectivity index (χ3n) is 5.09. The summed E-state index contributed by atoms with van der Waals surface area (Å²) in [5.74, 6) is 0.835. The maximum Gasteiger partial charge on any atom is 0.251 e. The van der Waals surface area contributed by atoms with Crippen LogP contribution in [0.15, 0.2) is 78.0 Å². The van der Waals surface area contributed by atoms with E-state index >= 15 is 0 Å². The summed E-state index contributed by atoms with van der Waals surface area (Å²) in [6.45, 7) is 2.59. The van der Waals surface area contributed by atoms with Crippen molar-refractivity contribution in [1.29, 1.82) is 0 Å². The standard InChI is InChI=1S/C26H23Cl2N5O3S/c1-2-36-20-11-8-18(9-12-20)30-24(34)16-37-26-32-31-23(15-29-25(35)17-6-4-3-5-7-17)33(26)19-10-13-21(27)22(28)14-19/h3-14H,2,15-16H2,1H3,(H,29,35)(H,30,34). The van der Waals surface area contributed by atoms with Crippen LogP contribution in [0, 0.1) is 0 Å². The fourth-order valence-electron chi connectivity index (χ4n) is 3.37. The molecule has 8 nitrogen and oxygen atoms in total. The summed E-state index contributed by atoms with van der Waals surface area (Å²) in [5, 5.41) is 15.4. The number of benzene rings is 3. The number of anilines is 1. The molecular weight excluding hydrogens is 533 g/mol. The lowest BCUT2D eigenvalue weighted by atomic mass is 10.2. The number of thioether (sulfide) groups is 1. The molecule has 37 heavy (non-hydrogen) atoms. The summed E-state index contributed by atoms with van der Waals surface area (Å²) in [4.78, 5) is 25.1. The molecule has 2 amide bonds. The molecule has 0 radical (unpaired) electrons. The number of aromatic nitrogens is 3. The second-order valence-corrected chi connectivity index (χ2v) is 9.43. The molecule has 190 valence electrons. The van der Waals surface area contributed by atoms with Gasteiger partial charge in [-0.2, -0.15) is 0 Å². The Morgan fingerprint density at radius 3 is 2.43 bits per heavy atom. The number of hydrogen-bond acceptors (Lipinski definition) is 6. The molecule has 0 saturated carbocycles. The highest BCUT2D eigenvalue weighted by Gasteiger charge is 2.18. The first kappa shape index (κ1) is 26.5. The van der Waals surface area contributed by atoms with Crippen LogP contribution in [-0.2, 0) is 11.3 Å². The lowest BCUT2D eigenvalue weighted by Gasteiger charge is -2.12. The number of ether oxygens (including phenoxy) is 1. The molecule has 0 aliphatic carbocycles. The zero-order valence-corrected chi connectivity index (χ0v) is 22.1. The maximum absolute atomic E-state index is 12.6. The first-order valence-electron chi connectivity index (χ1n) is 11.3. The number of carbonyl (C=O) groups excluding carboxylic acids is 2. The van der Waals surface area contributed by atoms with Gasteiger partial charge in [-0.3, -0.25) is 14.2 Å². The van der Waals surface area contributed by atoms with Crippen molar-refractivity contribution in [3.8, 4) is 11.4 Å².